The number of nitrogens with zero attached hydrogens (tertiary/aromatic N) is 2. The minimum Gasteiger partial charge on any atom is -0.497 e. The van der Waals surface area contributed by atoms with E-state index in [1.807, 2.05) is 38.1 Å². The molecule has 2 rings (SSSR count). The Kier molecular flexibility index (Phi) is 5.30. The molecule has 22 heavy (non-hydrogen) atoms. The van der Waals surface area contributed by atoms with Crippen LogP contribution in [0.5, 0.6) is 5.75 Å². The molecule has 1 heterocycles. The quantitative estimate of drug-likeness (QED) is 0.858. The molecule has 1 unspecified atom stereocenters. The van der Waals surface area contributed by atoms with Crippen molar-refractivity contribution in [3.05, 3.63) is 42.2 Å². The highest BCUT2D eigenvalue weighted by molar-refractivity contribution is 5.93. The van der Waals surface area contributed by atoms with Crippen LogP contribution < -0.4 is 15.4 Å². The maximum atomic E-state index is 11.9. The fourth-order valence-electron chi connectivity index (χ4n) is 1.72. The molecule has 0 saturated heterocycles. The first-order valence-corrected chi connectivity index (χ1v) is 7.16. The molecule has 0 saturated carbocycles. The fourth-order valence-corrected chi connectivity index (χ4v) is 1.72. The topological polar surface area (TPSA) is 76.1 Å². The van der Waals surface area contributed by atoms with Gasteiger partial charge in [0.25, 0.3) is 5.91 Å². The van der Waals surface area contributed by atoms with Crippen LogP contribution in [0, 0.1) is 0 Å². The van der Waals surface area contributed by atoms with Gasteiger partial charge in [-0.15, -0.1) is 0 Å². The normalized spacial score (nSPS) is 11.6. The van der Waals surface area contributed by atoms with Crippen LogP contribution >= 0.6 is 0 Å². The molecule has 6 nitrogen and oxygen atoms in total. The summed E-state index contributed by atoms with van der Waals surface area (Å²) in [6.07, 6.45) is 3.90. The highest BCUT2D eigenvalue weighted by Gasteiger charge is 2.09. The average molecular weight is 300 g/mol. The second kappa shape index (κ2) is 7.40. The van der Waals surface area contributed by atoms with E-state index in [1.165, 1.54) is 12.4 Å². The number of carbonyl (C=O) groups excluding carboxylic acids is 1. The molecule has 0 radical (unpaired) electrons. The average Bonchev–Trinajstić information content (AvgIpc) is 2.56. The maximum absolute atomic E-state index is 11.9. The summed E-state index contributed by atoms with van der Waals surface area (Å²) in [5, 5.41) is 5.94. The summed E-state index contributed by atoms with van der Waals surface area (Å²) in [4.78, 5) is 20.2. The number of rotatable bonds is 6. The monoisotopic (exact) mass is 300 g/mol. The smallest absolute Gasteiger partial charge is 0.254 e. The van der Waals surface area contributed by atoms with Crippen molar-refractivity contribution in [2.24, 2.45) is 0 Å². The third-order valence-corrected chi connectivity index (χ3v) is 3.25. The van der Waals surface area contributed by atoms with Gasteiger partial charge in [0.15, 0.2) is 0 Å². The van der Waals surface area contributed by atoms with E-state index in [0.29, 0.717) is 11.5 Å². The van der Waals surface area contributed by atoms with Gasteiger partial charge in [0.1, 0.15) is 5.75 Å². The number of amides is 1. The lowest BCUT2D eigenvalue weighted by Gasteiger charge is -2.11. The van der Waals surface area contributed by atoms with Crippen LogP contribution in [-0.2, 0) is 0 Å². The number of methoxy groups -OCH3 is 1. The predicted molar refractivity (Wildman–Crippen MR) is 85.5 cm³/mol. The number of hydrogen-bond acceptors (Lipinski definition) is 5. The van der Waals surface area contributed by atoms with Gasteiger partial charge in [-0.1, -0.05) is 6.92 Å². The number of hydrogen-bond donors (Lipinski definition) is 2. The Bertz CT molecular complexity index is 611. The van der Waals surface area contributed by atoms with Crippen LogP contribution in [0.4, 0.5) is 11.6 Å². The van der Waals surface area contributed by atoms with Crippen LogP contribution in [0.25, 0.3) is 0 Å². The third-order valence-electron chi connectivity index (χ3n) is 3.25. The first kappa shape index (κ1) is 15.8. The van der Waals surface area contributed by atoms with E-state index < -0.39 is 0 Å². The van der Waals surface area contributed by atoms with Crippen LogP contribution in [-0.4, -0.2) is 29.0 Å². The van der Waals surface area contributed by atoms with E-state index in [9.17, 15) is 4.79 Å². The summed E-state index contributed by atoms with van der Waals surface area (Å²) in [6.45, 7) is 3.97. The van der Waals surface area contributed by atoms with E-state index in [2.05, 4.69) is 20.6 Å². The largest absolute Gasteiger partial charge is 0.497 e. The standard InChI is InChI=1S/C16H20N4O2/c1-4-11(2)19-15(21)12-9-17-16(18-10-12)20-13-5-7-14(22-3)8-6-13/h5-11H,4H2,1-3H3,(H,19,21)(H,17,18,20). The van der Waals surface area contributed by atoms with Crippen LogP contribution in [0.2, 0.25) is 0 Å². The second-order valence-electron chi connectivity index (χ2n) is 4.93. The van der Waals surface area contributed by atoms with Gasteiger partial charge in [-0.25, -0.2) is 9.97 Å². The lowest BCUT2D eigenvalue weighted by atomic mass is 10.2. The second-order valence-corrected chi connectivity index (χ2v) is 4.93. The zero-order chi connectivity index (χ0) is 15.9. The number of carbonyl (C=O) groups is 1. The van der Waals surface area contributed by atoms with Gasteiger partial charge in [-0.3, -0.25) is 4.79 Å². The minimum absolute atomic E-state index is 0.129. The minimum atomic E-state index is -0.162. The fraction of sp³-hybridized carbons (Fsp3) is 0.312. The van der Waals surface area contributed by atoms with Gasteiger partial charge in [0.05, 0.1) is 12.7 Å². The summed E-state index contributed by atoms with van der Waals surface area (Å²) in [6, 6.07) is 7.55. The van der Waals surface area contributed by atoms with Gasteiger partial charge in [0.2, 0.25) is 5.95 Å². The lowest BCUT2D eigenvalue weighted by molar-refractivity contribution is 0.0938. The van der Waals surface area contributed by atoms with Crippen molar-refractivity contribution in [1.82, 2.24) is 15.3 Å². The van der Waals surface area contributed by atoms with E-state index in [-0.39, 0.29) is 11.9 Å². The highest BCUT2D eigenvalue weighted by atomic mass is 16.5. The molecule has 1 aromatic carbocycles. The number of benzene rings is 1. The molecule has 0 aliphatic heterocycles. The molecule has 0 spiro atoms. The molecular weight excluding hydrogens is 280 g/mol. The molecule has 6 heteroatoms. The number of aromatic nitrogens is 2. The SMILES string of the molecule is CCC(C)NC(=O)c1cnc(Nc2ccc(OC)cc2)nc1. The molecule has 0 aliphatic carbocycles. The summed E-state index contributed by atoms with van der Waals surface area (Å²) in [5.41, 5.74) is 1.29. The molecule has 1 aromatic heterocycles. The third kappa shape index (κ3) is 4.18. The summed E-state index contributed by atoms with van der Waals surface area (Å²) in [7, 11) is 1.62. The molecule has 0 fully saturated rings. The number of anilines is 2. The van der Waals surface area contributed by atoms with Crippen LogP contribution in [0.3, 0.4) is 0 Å². The highest BCUT2D eigenvalue weighted by Crippen LogP contribution is 2.17. The summed E-state index contributed by atoms with van der Waals surface area (Å²) >= 11 is 0. The Balaban J connectivity index is 2.00. The van der Waals surface area contributed by atoms with Gasteiger partial charge < -0.3 is 15.4 Å². The Morgan fingerprint density at radius 2 is 1.86 bits per heavy atom. The number of nitrogens with one attached hydrogen (secondary N) is 2. The van der Waals surface area contributed by atoms with Gasteiger partial charge >= 0.3 is 0 Å². The van der Waals surface area contributed by atoms with Crippen molar-refractivity contribution in [3.8, 4) is 5.75 Å². The van der Waals surface area contributed by atoms with E-state index in [4.69, 9.17) is 4.74 Å². The number of ether oxygens (including phenoxy) is 1. The lowest BCUT2D eigenvalue weighted by Crippen LogP contribution is -2.32. The maximum Gasteiger partial charge on any atom is 0.254 e. The Labute approximate surface area is 129 Å². The van der Waals surface area contributed by atoms with Crippen molar-refractivity contribution in [3.63, 3.8) is 0 Å². The van der Waals surface area contributed by atoms with Crippen molar-refractivity contribution in [1.29, 1.82) is 0 Å². The first-order chi connectivity index (χ1) is 10.6. The Morgan fingerprint density at radius 3 is 2.41 bits per heavy atom. The van der Waals surface area contributed by atoms with Crippen molar-refractivity contribution in [2.45, 2.75) is 26.3 Å². The van der Waals surface area contributed by atoms with E-state index in [1.54, 1.807) is 7.11 Å². The van der Waals surface area contributed by atoms with Crippen LogP contribution in [0.15, 0.2) is 36.7 Å². The molecule has 116 valence electrons. The molecule has 0 bridgehead atoms. The van der Waals surface area contributed by atoms with Crippen molar-refractivity contribution >= 4 is 17.5 Å². The molecule has 2 N–H and O–H groups in total. The first-order valence-electron chi connectivity index (χ1n) is 7.16. The van der Waals surface area contributed by atoms with Gasteiger partial charge in [0, 0.05) is 24.1 Å². The zero-order valence-corrected chi connectivity index (χ0v) is 13.0. The molecule has 1 amide bonds. The Morgan fingerprint density at radius 1 is 1.23 bits per heavy atom. The molecule has 2 aromatic rings. The predicted octanol–water partition coefficient (Wildman–Crippen LogP) is 2.76. The molecule has 1 atom stereocenters. The zero-order valence-electron chi connectivity index (χ0n) is 13.0. The van der Waals surface area contributed by atoms with Crippen molar-refractivity contribution < 1.29 is 9.53 Å². The molecular formula is C16H20N4O2. The Hall–Kier alpha value is -2.63. The van der Waals surface area contributed by atoms with Gasteiger partial charge in [-0.05, 0) is 37.6 Å². The van der Waals surface area contributed by atoms with Crippen molar-refractivity contribution in [2.75, 3.05) is 12.4 Å². The van der Waals surface area contributed by atoms with Gasteiger partial charge in [-0.2, -0.15) is 0 Å². The summed E-state index contributed by atoms with van der Waals surface area (Å²) in [5.74, 6) is 1.05. The summed E-state index contributed by atoms with van der Waals surface area (Å²) < 4.78 is 5.10. The molecule has 0 aliphatic rings. The van der Waals surface area contributed by atoms with Crippen LogP contribution in [0.1, 0.15) is 30.6 Å². The van der Waals surface area contributed by atoms with E-state index in [0.717, 1.165) is 17.9 Å². The van der Waals surface area contributed by atoms with E-state index >= 15 is 0 Å².